The summed E-state index contributed by atoms with van der Waals surface area (Å²) in [4.78, 5) is 0. The Hall–Kier alpha value is 1.29. The van der Waals surface area contributed by atoms with Crippen molar-refractivity contribution in [2.45, 2.75) is 0 Å². The molecule has 6 heteroatoms. The molecule has 0 aliphatic rings. The van der Waals surface area contributed by atoms with Gasteiger partial charge in [0.1, 0.15) is 0 Å². The first-order valence-corrected chi connectivity index (χ1v) is 0.827. The molecule has 0 atom stereocenters. The zero-order valence-corrected chi connectivity index (χ0v) is 9.12. The first-order valence-electron chi connectivity index (χ1n) is 0.827. The van der Waals surface area contributed by atoms with E-state index in [0.29, 0.717) is 0 Å². The number of guanidine groups is 1. The van der Waals surface area contributed by atoms with Gasteiger partial charge in [0.25, 0.3) is 0 Å². The topological polar surface area (TPSA) is 75.9 Å². The van der Waals surface area contributed by atoms with Gasteiger partial charge in [-0.2, -0.15) is 0 Å². The SMILES string of the molecule is Cl.I.N=C(N)N.[H-].[Na+]. The number of nitrogens with two attached hydrogens (primary N) is 2. The zero-order chi connectivity index (χ0) is 3.58. The van der Waals surface area contributed by atoms with Crippen molar-refractivity contribution in [1.29, 1.82) is 5.41 Å². The summed E-state index contributed by atoms with van der Waals surface area (Å²) >= 11 is 0. The fraction of sp³-hybridized carbons (Fsp3) is 0. The Labute approximate surface area is 89.3 Å². The van der Waals surface area contributed by atoms with Gasteiger partial charge in [0.2, 0.25) is 0 Å². The molecule has 0 radical (unpaired) electrons. The Bertz CT molecular complexity index is 42.3. The van der Waals surface area contributed by atoms with E-state index >= 15 is 0 Å². The van der Waals surface area contributed by atoms with Crippen LogP contribution >= 0.6 is 36.4 Å². The average molecular weight is 247 g/mol. The summed E-state index contributed by atoms with van der Waals surface area (Å²) in [5, 5.41) is 6.06. The van der Waals surface area contributed by atoms with Crippen molar-refractivity contribution < 1.29 is 31.0 Å². The van der Waals surface area contributed by atoms with Crippen LogP contribution in [0.15, 0.2) is 0 Å². The molecule has 5 N–H and O–H groups in total. The maximum Gasteiger partial charge on any atom is 1.00 e. The van der Waals surface area contributed by atoms with Crippen LogP contribution in [0.4, 0.5) is 0 Å². The number of nitrogens with one attached hydrogen (secondary N) is 1. The standard InChI is InChI=1S/CH5N3.ClH.HI.Na.H/c2-1(3)4;;;;/h(H5,2,3,4);2*1H;;/q;;;+1;-1. The van der Waals surface area contributed by atoms with Gasteiger partial charge in [0, 0.05) is 0 Å². The molecule has 0 bridgehead atoms. The predicted octanol–water partition coefficient (Wildman–Crippen LogP) is -3.01. The van der Waals surface area contributed by atoms with Crippen molar-refractivity contribution in [2.75, 3.05) is 0 Å². The number of rotatable bonds is 0. The first-order chi connectivity index (χ1) is 1.73. The van der Waals surface area contributed by atoms with Gasteiger partial charge in [-0.15, -0.1) is 36.4 Å². The van der Waals surface area contributed by atoms with Crippen LogP contribution in [0.1, 0.15) is 1.43 Å². The third-order valence-corrected chi connectivity index (χ3v) is 0. The second-order valence-corrected chi connectivity index (χ2v) is 0.455. The fourth-order valence-corrected chi connectivity index (χ4v) is 0. The minimum atomic E-state index is -0.333. The van der Waals surface area contributed by atoms with Gasteiger partial charge in [-0.25, -0.2) is 0 Å². The van der Waals surface area contributed by atoms with Gasteiger partial charge >= 0.3 is 29.6 Å². The molecule has 0 aromatic carbocycles. The number of hydrogen-bond acceptors (Lipinski definition) is 1. The van der Waals surface area contributed by atoms with Crippen LogP contribution in [0.5, 0.6) is 0 Å². The molecular formula is CH8ClIN3Na. The molecule has 7 heavy (non-hydrogen) atoms. The Balaban J connectivity index is -0.00000000750. The Morgan fingerprint density at radius 3 is 1.43 bits per heavy atom. The normalized spacial score (nSPS) is 3.43. The molecule has 0 aliphatic heterocycles. The van der Waals surface area contributed by atoms with Crippen LogP contribution in [0, 0.1) is 5.41 Å². The van der Waals surface area contributed by atoms with Gasteiger partial charge in [0.15, 0.2) is 5.96 Å². The summed E-state index contributed by atoms with van der Waals surface area (Å²) < 4.78 is 0. The monoisotopic (exact) mass is 247 g/mol. The van der Waals surface area contributed by atoms with Crippen LogP contribution in [0.25, 0.3) is 0 Å². The molecule has 0 rings (SSSR count). The summed E-state index contributed by atoms with van der Waals surface area (Å²) in [5.74, 6) is -0.333. The van der Waals surface area contributed by atoms with Crippen molar-refractivity contribution in [1.82, 2.24) is 0 Å². The second-order valence-electron chi connectivity index (χ2n) is 0.455. The Kier molecular flexibility index (Phi) is 53.6. The van der Waals surface area contributed by atoms with Gasteiger partial charge in [0.05, 0.1) is 0 Å². The van der Waals surface area contributed by atoms with Gasteiger partial charge in [-0.3, -0.25) is 5.41 Å². The molecule has 0 spiro atoms. The van der Waals surface area contributed by atoms with Crippen LogP contribution in [0.3, 0.4) is 0 Å². The molecule has 42 valence electrons. The summed E-state index contributed by atoms with van der Waals surface area (Å²) in [5.41, 5.74) is 8.94. The third-order valence-electron chi connectivity index (χ3n) is 0. The van der Waals surface area contributed by atoms with E-state index in [-0.39, 0.29) is 73.3 Å². The van der Waals surface area contributed by atoms with E-state index in [9.17, 15) is 0 Å². The number of halogens is 2. The first kappa shape index (κ1) is 23.9. The molecule has 0 heterocycles. The van der Waals surface area contributed by atoms with E-state index in [2.05, 4.69) is 11.5 Å². The van der Waals surface area contributed by atoms with Crippen LogP contribution in [0.2, 0.25) is 0 Å². The van der Waals surface area contributed by atoms with E-state index in [1.165, 1.54) is 0 Å². The van der Waals surface area contributed by atoms with E-state index in [1.807, 2.05) is 0 Å². The van der Waals surface area contributed by atoms with E-state index in [1.54, 1.807) is 0 Å². The quantitative estimate of drug-likeness (QED) is 0.185. The summed E-state index contributed by atoms with van der Waals surface area (Å²) in [6, 6.07) is 0. The molecule has 0 aliphatic carbocycles. The van der Waals surface area contributed by atoms with Gasteiger partial charge in [-0.1, -0.05) is 0 Å². The molecular weight excluding hydrogens is 239 g/mol. The molecule has 0 aromatic heterocycles. The van der Waals surface area contributed by atoms with Crippen molar-refractivity contribution in [3.63, 3.8) is 0 Å². The molecule has 0 unspecified atom stereocenters. The van der Waals surface area contributed by atoms with Gasteiger partial charge < -0.3 is 12.9 Å². The summed E-state index contributed by atoms with van der Waals surface area (Å²) in [6.45, 7) is 0. The second kappa shape index (κ2) is 15.7. The van der Waals surface area contributed by atoms with Crippen molar-refractivity contribution in [2.24, 2.45) is 11.5 Å². The molecule has 0 amide bonds. The summed E-state index contributed by atoms with van der Waals surface area (Å²) in [7, 11) is 0. The molecule has 3 nitrogen and oxygen atoms in total. The Morgan fingerprint density at radius 1 is 1.43 bits per heavy atom. The largest absolute Gasteiger partial charge is 1.00 e. The zero-order valence-electron chi connectivity index (χ0n) is 4.97. The predicted molar refractivity (Wildman–Crippen MR) is 39.9 cm³/mol. The maximum absolute atomic E-state index is 6.06. The summed E-state index contributed by atoms with van der Waals surface area (Å²) in [6.07, 6.45) is 0. The van der Waals surface area contributed by atoms with E-state index in [4.69, 9.17) is 5.41 Å². The van der Waals surface area contributed by atoms with Crippen molar-refractivity contribution >= 4 is 42.3 Å². The van der Waals surface area contributed by atoms with Crippen LogP contribution in [-0.4, -0.2) is 5.96 Å². The fourth-order valence-electron chi connectivity index (χ4n) is 0. The van der Waals surface area contributed by atoms with E-state index < -0.39 is 0 Å². The molecule has 0 saturated heterocycles. The third kappa shape index (κ3) is 123. The Morgan fingerprint density at radius 2 is 1.43 bits per heavy atom. The van der Waals surface area contributed by atoms with Crippen LogP contribution < -0.4 is 41.0 Å². The minimum absolute atomic E-state index is 0. The smallest absolute Gasteiger partial charge is 1.00 e. The number of hydrogen-bond donors (Lipinski definition) is 3. The molecule has 0 aromatic rings. The minimum Gasteiger partial charge on any atom is -1.00 e. The van der Waals surface area contributed by atoms with Gasteiger partial charge in [-0.05, 0) is 0 Å². The van der Waals surface area contributed by atoms with E-state index in [0.717, 1.165) is 0 Å². The molecule has 0 fully saturated rings. The van der Waals surface area contributed by atoms with Crippen molar-refractivity contribution in [3.8, 4) is 0 Å². The average Bonchev–Trinajstić information content (AvgIpc) is 0.811. The van der Waals surface area contributed by atoms with Crippen LogP contribution in [-0.2, 0) is 0 Å². The van der Waals surface area contributed by atoms with Crippen molar-refractivity contribution in [3.05, 3.63) is 0 Å². The molecule has 0 saturated carbocycles. The maximum atomic E-state index is 6.06.